The highest BCUT2D eigenvalue weighted by Crippen LogP contribution is 2.28. The highest BCUT2D eigenvalue weighted by Gasteiger charge is 2.20. The van der Waals surface area contributed by atoms with Gasteiger partial charge in [0, 0.05) is 45.1 Å². The fourth-order valence-electron chi connectivity index (χ4n) is 3.75. The Morgan fingerprint density at radius 1 is 1.10 bits per heavy atom. The van der Waals surface area contributed by atoms with Crippen LogP contribution in [0.2, 0.25) is 0 Å². The largest absolute Gasteiger partial charge is 0.495 e. The first-order valence-corrected chi connectivity index (χ1v) is 10.2. The Morgan fingerprint density at radius 2 is 1.83 bits per heavy atom. The van der Waals surface area contributed by atoms with Gasteiger partial charge in [-0.05, 0) is 43.3 Å². The maximum Gasteiger partial charge on any atom is 0.221 e. The molecule has 1 N–H and O–H groups in total. The molecule has 160 valence electrons. The number of ketones is 1. The molecule has 0 aromatic heterocycles. The van der Waals surface area contributed by atoms with E-state index in [1.165, 1.54) is 25.1 Å². The Labute approximate surface area is 176 Å². The number of nitrogens with zero attached hydrogens (tertiary/aromatic N) is 2. The minimum absolute atomic E-state index is 0.0913. The number of carbonyl (C=O) groups excluding carboxylic acids is 2. The van der Waals surface area contributed by atoms with Gasteiger partial charge in [-0.15, -0.1) is 0 Å². The van der Waals surface area contributed by atoms with Crippen molar-refractivity contribution in [1.29, 1.82) is 0 Å². The molecule has 1 saturated heterocycles. The zero-order valence-corrected chi connectivity index (χ0v) is 17.5. The highest BCUT2D eigenvalue weighted by atomic mass is 19.1. The molecule has 7 heteroatoms. The van der Waals surface area contributed by atoms with E-state index in [9.17, 15) is 14.0 Å². The molecule has 1 amide bonds. The normalized spacial score (nSPS) is 14.4. The summed E-state index contributed by atoms with van der Waals surface area (Å²) in [5, 5.41) is 2.54. The van der Waals surface area contributed by atoms with Crippen LogP contribution < -0.4 is 15.0 Å². The van der Waals surface area contributed by atoms with Gasteiger partial charge in [-0.1, -0.05) is 12.1 Å². The van der Waals surface area contributed by atoms with Gasteiger partial charge in [0.05, 0.1) is 18.5 Å². The van der Waals surface area contributed by atoms with Crippen LogP contribution in [0.1, 0.15) is 30.1 Å². The predicted molar refractivity (Wildman–Crippen MR) is 116 cm³/mol. The number of halogens is 1. The van der Waals surface area contributed by atoms with Gasteiger partial charge in [0.15, 0.2) is 5.78 Å². The topological polar surface area (TPSA) is 61.9 Å². The number of rotatable bonds is 8. The number of piperazine rings is 1. The van der Waals surface area contributed by atoms with Gasteiger partial charge in [0.25, 0.3) is 0 Å². The number of benzene rings is 2. The van der Waals surface area contributed by atoms with E-state index in [2.05, 4.69) is 21.2 Å². The number of ether oxygens (including phenoxy) is 1. The number of amides is 1. The molecule has 0 saturated carbocycles. The molecule has 1 fully saturated rings. The average Bonchev–Trinajstić information content (AvgIpc) is 2.74. The van der Waals surface area contributed by atoms with E-state index >= 15 is 0 Å². The Bertz CT molecular complexity index is 895. The fraction of sp³-hybridized carbons (Fsp3) is 0.391. The van der Waals surface area contributed by atoms with Crippen molar-refractivity contribution in [3.63, 3.8) is 0 Å². The summed E-state index contributed by atoms with van der Waals surface area (Å²) in [7, 11) is 1.69. The molecule has 0 radical (unpaired) electrons. The van der Waals surface area contributed by atoms with Crippen LogP contribution in [0.4, 0.5) is 15.8 Å². The summed E-state index contributed by atoms with van der Waals surface area (Å²) in [6.07, 6.45) is 1.06. The molecule has 0 spiro atoms. The van der Waals surface area contributed by atoms with Crippen molar-refractivity contribution in [2.75, 3.05) is 50.1 Å². The molecular formula is C23H28FN3O3. The first-order valence-electron chi connectivity index (χ1n) is 10.2. The van der Waals surface area contributed by atoms with Gasteiger partial charge in [0.2, 0.25) is 5.91 Å². The lowest BCUT2D eigenvalue weighted by Gasteiger charge is -2.36. The summed E-state index contributed by atoms with van der Waals surface area (Å²) in [4.78, 5) is 28.6. The minimum atomic E-state index is -0.483. The lowest BCUT2D eigenvalue weighted by Crippen LogP contribution is -2.46. The lowest BCUT2D eigenvalue weighted by molar-refractivity contribution is -0.114. The monoisotopic (exact) mass is 413 g/mol. The van der Waals surface area contributed by atoms with Gasteiger partial charge in [-0.25, -0.2) is 4.39 Å². The van der Waals surface area contributed by atoms with Crippen molar-refractivity contribution < 1.29 is 18.7 Å². The van der Waals surface area contributed by atoms with Gasteiger partial charge in [-0.3, -0.25) is 14.5 Å². The van der Waals surface area contributed by atoms with Crippen LogP contribution in [-0.2, 0) is 4.79 Å². The number of para-hydroxylation sites is 2. The second-order valence-corrected chi connectivity index (χ2v) is 7.40. The number of Topliss-reactive ketones (excluding diaryl/α,β-unsaturated/α-hetero) is 1. The first kappa shape index (κ1) is 21.8. The lowest BCUT2D eigenvalue weighted by atomic mass is 10.0. The minimum Gasteiger partial charge on any atom is -0.495 e. The average molecular weight is 413 g/mol. The van der Waals surface area contributed by atoms with Crippen LogP contribution >= 0.6 is 0 Å². The first-order chi connectivity index (χ1) is 14.5. The van der Waals surface area contributed by atoms with Crippen LogP contribution in [0.15, 0.2) is 42.5 Å². The number of methoxy groups -OCH3 is 1. The number of hydrogen-bond acceptors (Lipinski definition) is 5. The maximum absolute atomic E-state index is 13.5. The summed E-state index contributed by atoms with van der Waals surface area (Å²) in [6, 6.07) is 11.9. The van der Waals surface area contributed by atoms with Crippen LogP contribution in [0.5, 0.6) is 5.75 Å². The predicted octanol–water partition coefficient (Wildman–Crippen LogP) is 3.58. The van der Waals surface area contributed by atoms with E-state index < -0.39 is 5.82 Å². The third-order valence-electron chi connectivity index (χ3n) is 5.27. The van der Waals surface area contributed by atoms with Gasteiger partial charge in [-0.2, -0.15) is 0 Å². The summed E-state index contributed by atoms with van der Waals surface area (Å²) in [5.41, 5.74) is 1.70. The maximum atomic E-state index is 13.5. The van der Waals surface area contributed by atoms with Crippen molar-refractivity contribution in [3.8, 4) is 5.75 Å². The molecule has 1 heterocycles. The van der Waals surface area contributed by atoms with Crippen molar-refractivity contribution in [3.05, 3.63) is 53.8 Å². The van der Waals surface area contributed by atoms with E-state index in [-0.39, 0.29) is 17.4 Å². The molecular weight excluding hydrogens is 385 g/mol. The molecule has 1 aliphatic heterocycles. The molecule has 1 aliphatic rings. The molecule has 0 unspecified atom stereocenters. The summed E-state index contributed by atoms with van der Waals surface area (Å²) >= 11 is 0. The number of nitrogens with one attached hydrogen (secondary N) is 1. The SMILES string of the molecule is COc1ccccc1N1CCN(CCCC(=O)c2ccc(F)cc2NC(C)=O)CC1. The zero-order valence-electron chi connectivity index (χ0n) is 17.5. The molecule has 2 aromatic carbocycles. The van der Waals surface area contributed by atoms with E-state index in [0.717, 1.165) is 44.2 Å². The van der Waals surface area contributed by atoms with Gasteiger partial charge >= 0.3 is 0 Å². The van der Waals surface area contributed by atoms with Crippen LogP contribution in [0, 0.1) is 5.82 Å². The second kappa shape index (κ2) is 10.2. The van der Waals surface area contributed by atoms with Crippen molar-refractivity contribution in [2.24, 2.45) is 0 Å². The van der Waals surface area contributed by atoms with E-state index in [1.807, 2.05) is 18.2 Å². The fourth-order valence-corrected chi connectivity index (χ4v) is 3.75. The molecule has 3 rings (SSSR count). The summed E-state index contributed by atoms with van der Waals surface area (Å²) in [5.74, 6) is -0.0250. The third kappa shape index (κ3) is 5.57. The van der Waals surface area contributed by atoms with Crippen molar-refractivity contribution in [2.45, 2.75) is 19.8 Å². The molecule has 0 atom stereocenters. The number of anilines is 2. The molecule has 0 bridgehead atoms. The van der Waals surface area contributed by atoms with Crippen molar-refractivity contribution in [1.82, 2.24) is 4.90 Å². The molecule has 6 nitrogen and oxygen atoms in total. The van der Waals surface area contributed by atoms with Gasteiger partial charge in [0.1, 0.15) is 11.6 Å². The Balaban J connectivity index is 1.49. The highest BCUT2D eigenvalue weighted by molar-refractivity contribution is 6.04. The van der Waals surface area contributed by atoms with E-state index in [4.69, 9.17) is 4.74 Å². The number of hydrogen-bond donors (Lipinski definition) is 1. The molecule has 30 heavy (non-hydrogen) atoms. The Morgan fingerprint density at radius 3 is 2.53 bits per heavy atom. The molecule has 2 aromatic rings. The summed E-state index contributed by atoms with van der Waals surface area (Å²) < 4.78 is 18.9. The van der Waals surface area contributed by atoms with Crippen LogP contribution in [0.3, 0.4) is 0 Å². The second-order valence-electron chi connectivity index (χ2n) is 7.40. The zero-order chi connectivity index (χ0) is 21.5. The third-order valence-corrected chi connectivity index (χ3v) is 5.27. The smallest absolute Gasteiger partial charge is 0.221 e. The van der Waals surface area contributed by atoms with E-state index in [1.54, 1.807) is 7.11 Å². The summed E-state index contributed by atoms with van der Waals surface area (Å²) in [6.45, 7) is 5.80. The van der Waals surface area contributed by atoms with E-state index in [0.29, 0.717) is 18.4 Å². The Hall–Kier alpha value is -2.93. The quantitative estimate of drug-likeness (QED) is 0.671. The Kier molecular flexibility index (Phi) is 7.41. The van der Waals surface area contributed by atoms with Crippen molar-refractivity contribution >= 4 is 23.1 Å². The number of carbonyl (C=O) groups is 2. The van der Waals surface area contributed by atoms with Crippen LogP contribution in [0.25, 0.3) is 0 Å². The van der Waals surface area contributed by atoms with Gasteiger partial charge < -0.3 is 15.0 Å². The molecule has 0 aliphatic carbocycles. The standard InChI is InChI=1S/C23H28FN3O3/c1-17(28)25-20-16-18(24)9-10-19(20)22(29)7-5-11-26-12-14-27(15-13-26)21-6-3-4-8-23(21)30-2/h3-4,6,8-10,16H,5,7,11-15H2,1-2H3,(H,25,28). The van der Waals surface area contributed by atoms with Crippen LogP contribution in [-0.4, -0.2) is 56.4 Å².